The summed E-state index contributed by atoms with van der Waals surface area (Å²) in [5.41, 5.74) is 0.659. The minimum absolute atomic E-state index is 0.0563. The van der Waals surface area contributed by atoms with Gasteiger partial charge in [0, 0.05) is 12.6 Å². The molecule has 2 atom stereocenters. The van der Waals surface area contributed by atoms with Gasteiger partial charge in [-0.05, 0) is 47.8 Å². The Kier molecular flexibility index (Phi) is 4.29. The molecule has 0 bridgehead atoms. The van der Waals surface area contributed by atoms with Gasteiger partial charge in [0.2, 0.25) is 0 Å². The van der Waals surface area contributed by atoms with Gasteiger partial charge in [-0.3, -0.25) is 4.79 Å². The molecule has 1 saturated heterocycles. The van der Waals surface area contributed by atoms with Crippen LogP contribution in [0.2, 0.25) is 0 Å². The van der Waals surface area contributed by atoms with E-state index in [2.05, 4.69) is 15.9 Å². The maximum atomic E-state index is 14.3. The van der Waals surface area contributed by atoms with Crippen LogP contribution in [0.3, 0.4) is 0 Å². The number of anilines is 1. The number of hydrogen-bond acceptors (Lipinski definition) is 3. The molecule has 0 aliphatic carbocycles. The highest BCUT2D eigenvalue weighted by molar-refractivity contribution is 9.10. The third kappa shape index (κ3) is 2.63. The van der Waals surface area contributed by atoms with Crippen molar-refractivity contribution in [1.29, 1.82) is 5.26 Å². The van der Waals surface area contributed by atoms with Crippen molar-refractivity contribution in [3.8, 4) is 6.07 Å². The van der Waals surface area contributed by atoms with Gasteiger partial charge < -0.3 is 10.0 Å². The van der Waals surface area contributed by atoms with Crippen molar-refractivity contribution in [3.63, 3.8) is 0 Å². The van der Waals surface area contributed by atoms with Crippen LogP contribution < -0.4 is 4.90 Å². The lowest BCUT2D eigenvalue weighted by Crippen LogP contribution is -2.43. The lowest BCUT2D eigenvalue weighted by Gasteiger charge is -2.38. The molecule has 2 unspecified atom stereocenters. The summed E-state index contributed by atoms with van der Waals surface area (Å²) in [6.45, 7) is 2.38. The quantitative estimate of drug-likeness (QED) is 0.898. The molecule has 0 saturated carbocycles. The number of piperidine rings is 1. The normalized spacial score (nSPS) is 22.4. The summed E-state index contributed by atoms with van der Waals surface area (Å²) in [5.74, 6) is -1.63. The van der Waals surface area contributed by atoms with Gasteiger partial charge in [-0.15, -0.1) is 0 Å². The van der Waals surface area contributed by atoms with Crippen LogP contribution in [0.5, 0.6) is 0 Å². The van der Waals surface area contributed by atoms with Gasteiger partial charge in [-0.25, -0.2) is 4.39 Å². The molecule has 1 aliphatic heterocycles. The molecule has 6 heteroatoms. The molecule has 1 fully saturated rings. The molecule has 0 amide bonds. The van der Waals surface area contributed by atoms with Gasteiger partial charge in [0.25, 0.3) is 0 Å². The first-order valence-corrected chi connectivity index (χ1v) is 7.12. The Balaban J connectivity index is 2.28. The number of carboxylic acid groups (broad SMARTS) is 1. The van der Waals surface area contributed by atoms with Crippen molar-refractivity contribution in [1.82, 2.24) is 0 Å². The zero-order valence-corrected chi connectivity index (χ0v) is 12.5. The first-order valence-electron chi connectivity index (χ1n) is 6.33. The van der Waals surface area contributed by atoms with Crippen molar-refractivity contribution in [2.24, 2.45) is 5.92 Å². The number of carbonyl (C=O) groups is 1. The monoisotopic (exact) mass is 340 g/mol. The molecule has 4 nitrogen and oxygen atoms in total. The van der Waals surface area contributed by atoms with Gasteiger partial charge in [0.05, 0.1) is 21.6 Å². The summed E-state index contributed by atoms with van der Waals surface area (Å²) in [6, 6.07) is 5.01. The fourth-order valence-corrected chi connectivity index (χ4v) is 3.03. The molecular weight excluding hydrogens is 327 g/mol. The fourth-order valence-electron chi connectivity index (χ4n) is 2.60. The van der Waals surface area contributed by atoms with E-state index in [4.69, 9.17) is 10.4 Å². The van der Waals surface area contributed by atoms with Crippen molar-refractivity contribution >= 4 is 27.6 Å². The Labute approximate surface area is 124 Å². The van der Waals surface area contributed by atoms with Gasteiger partial charge in [0.15, 0.2) is 5.82 Å². The number of halogens is 2. The fraction of sp³-hybridized carbons (Fsp3) is 0.429. The number of rotatable bonds is 2. The summed E-state index contributed by atoms with van der Waals surface area (Å²) in [7, 11) is 0. The highest BCUT2D eigenvalue weighted by atomic mass is 79.9. The Hall–Kier alpha value is -1.61. The molecular formula is C14H14BrFN2O2. The Morgan fingerprint density at radius 3 is 2.85 bits per heavy atom. The van der Waals surface area contributed by atoms with Crippen molar-refractivity contribution in [3.05, 3.63) is 28.0 Å². The van der Waals surface area contributed by atoms with E-state index in [1.807, 2.05) is 17.9 Å². The lowest BCUT2D eigenvalue weighted by molar-refractivity contribution is -0.142. The van der Waals surface area contributed by atoms with Gasteiger partial charge in [0.1, 0.15) is 6.07 Å². The topological polar surface area (TPSA) is 64.3 Å². The van der Waals surface area contributed by atoms with Gasteiger partial charge in [-0.1, -0.05) is 0 Å². The van der Waals surface area contributed by atoms with Gasteiger partial charge >= 0.3 is 5.97 Å². The molecule has 0 spiro atoms. The summed E-state index contributed by atoms with van der Waals surface area (Å²) in [6.07, 6.45) is 0.989. The predicted octanol–water partition coefficient (Wildman–Crippen LogP) is 3.15. The van der Waals surface area contributed by atoms with E-state index in [9.17, 15) is 9.18 Å². The van der Waals surface area contributed by atoms with E-state index in [1.54, 1.807) is 12.1 Å². The molecule has 1 heterocycles. The summed E-state index contributed by atoms with van der Waals surface area (Å²) < 4.78 is 14.5. The smallest absolute Gasteiger partial charge is 0.306 e. The van der Waals surface area contributed by atoms with Gasteiger partial charge in [-0.2, -0.15) is 5.26 Å². The van der Waals surface area contributed by atoms with Crippen LogP contribution in [-0.2, 0) is 4.79 Å². The van der Waals surface area contributed by atoms with E-state index in [0.717, 1.165) is 0 Å². The van der Waals surface area contributed by atoms with E-state index in [1.165, 1.54) is 0 Å². The third-order valence-electron chi connectivity index (χ3n) is 3.72. The first-order chi connectivity index (χ1) is 9.45. The second kappa shape index (κ2) is 5.80. The summed E-state index contributed by atoms with van der Waals surface area (Å²) >= 11 is 3.09. The average molecular weight is 341 g/mol. The van der Waals surface area contributed by atoms with Crippen LogP contribution in [-0.4, -0.2) is 23.7 Å². The number of nitrogens with zero attached hydrogens (tertiary/aromatic N) is 2. The van der Waals surface area contributed by atoms with Crippen LogP contribution in [0.15, 0.2) is 16.6 Å². The van der Waals surface area contributed by atoms with E-state index in [-0.39, 0.29) is 22.0 Å². The molecule has 1 aromatic carbocycles. The molecule has 2 rings (SSSR count). The van der Waals surface area contributed by atoms with Crippen LogP contribution in [0.1, 0.15) is 25.3 Å². The van der Waals surface area contributed by atoms with Crippen LogP contribution in [0.4, 0.5) is 10.1 Å². The van der Waals surface area contributed by atoms with Crippen molar-refractivity contribution < 1.29 is 14.3 Å². The number of hydrogen-bond donors (Lipinski definition) is 1. The van der Waals surface area contributed by atoms with Crippen molar-refractivity contribution in [2.75, 3.05) is 11.4 Å². The Morgan fingerprint density at radius 2 is 2.30 bits per heavy atom. The highest BCUT2D eigenvalue weighted by Crippen LogP contribution is 2.34. The molecule has 1 aliphatic rings. The molecule has 106 valence electrons. The lowest BCUT2D eigenvalue weighted by atomic mass is 9.91. The van der Waals surface area contributed by atoms with E-state index >= 15 is 0 Å². The SMILES string of the molecule is CC1CC(C(=O)O)CCN1c1ccc(C#N)c(Br)c1F. The highest BCUT2D eigenvalue weighted by Gasteiger charge is 2.31. The minimum Gasteiger partial charge on any atom is -0.481 e. The zero-order chi connectivity index (χ0) is 14.9. The predicted molar refractivity (Wildman–Crippen MR) is 76.0 cm³/mol. The molecule has 1 N–H and O–H groups in total. The van der Waals surface area contributed by atoms with Crippen LogP contribution in [0.25, 0.3) is 0 Å². The van der Waals surface area contributed by atoms with Crippen LogP contribution >= 0.6 is 15.9 Å². The standard InChI is InChI=1S/C14H14BrFN2O2/c1-8-6-9(14(19)20)4-5-18(8)11-3-2-10(7-17)12(15)13(11)16/h2-3,8-9H,4-6H2,1H3,(H,19,20). The number of carboxylic acids is 1. The largest absolute Gasteiger partial charge is 0.481 e. The molecule has 20 heavy (non-hydrogen) atoms. The van der Waals surface area contributed by atoms with E-state index in [0.29, 0.717) is 25.1 Å². The van der Waals surface area contributed by atoms with Crippen molar-refractivity contribution in [2.45, 2.75) is 25.8 Å². The van der Waals surface area contributed by atoms with E-state index < -0.39 is 11.8 Å². The first kappa shape index (κ1) is 14.8. The number of benzene rings is 1. The maximum Gasteiger partial charge on any atom is 0.306 e. The molecule has 0 aromatic heterocycles. The van der Waals surface area contributed by atoms with Crippen LogP contribution in [0, 0.1) is 23.1 Å². The maximum absolute atomic E-state index is 14.3. The summed E-state index contributed by atoms with van der Waals surface area (Å²) in [5, 5.41) is 17.9. The zero-order valence-electron chi connectivity index (χ0n) is 10.9. The number of nitriles is 1. The average Bonchev–Trinajstić information content (AvgIpc) is 2.42. The Bertz CT molecular complexity index is 585. The Morgan fingerprint density at radius 1 is 1.60 bits per heavy atom. The second-order valence-corrected chi connectivity index (χ2v) is 5.77. The summed E-state index contributed by atoms with van der Waals surface area (Å²) in [4.78, 5) is 12.9. The minimum atomic E-state index is -0.794. The number of aliphatic carboxylic acids is 1. The molecule has 1 aromatic rings. The molecule has 0 radical (unpaired) electrons. The second-order valence-electron chi connectivity index (χ2n) is 4.97. The third-order valence-corrected chi connectivity index (χ3v) is 4.49.